The normalized spacial score (nSPS) is 19.5. The second-order valence-electron chi connectivity index (χ2n) is 8.17. The molecule has 7 nitrogen and oxygen atoms in total. The van der Waals surface area contributed by atoms with E-state index < -0.39 is 0 Å². The van der Waals surface area contributed by atoms with Crippen LogP contribution >= 0.6 is 0 Å². The van der Waals surface area contributed by atoms with Crippen LogP contribution in [-0.2, 0) is 16.0 Å². The highest BCUT2D eigenvalue weighted by Gasteiger charge is 2.37. The molecular weight excluding hydrogens is 394 g/mol. The standard InChI is InChI=1S/C24H29N3O4/c1-30-20-6-4-18(5-7-20)8-12-27-17-19(15-23(27)28)24(29)26-13-9-21(10-14-26)31-22-3-2-11-25-16-22/h2-7,11,16,19,21H,8-10,12-15,17H2,1H3/t19-/m1/s1. The first-order valence-corrected chi connectivity index (χ1v) is 10.9. The molecular formula is C24H29N3O4. The van der Waals surface area contributed by atoms with Crippen LogP contribution in [0, 0.1) is 5.92 Å². The van der Waals surface area contributed by atoms with E-state index in [0.717, 1.165) is 36.3 Å². The highest BCUT2D eigenvalue weighted by Crippen LogP contribution is 2.24. The summed E-state index contributed by atoms with van der Waals surface area (Å²) in [6.07, 6.45) is 6.20. The number of benzene rings is 1. The Morgan fingerprint density at radius 2 is 1.90 bits per heavy atom. The smallest absolute Gasteiger partial charge is 0.227 e. The van der Waals surface area contributed by atoms with Crippen molar-refractivity contribution in [1.82, 2.24) is 14.8 Å². The number of methoxy groups -OCH3 is 1. The van der Waals surface area contributed by atoms with Gasteiger partial charge in [0.25, 0.3) is 0 Å². The number of carbonyl (C=O) groups excluding carboxylic acids is 2. The molecule has 2 aliphatic rings. The molecule has 2 fully saturated rings. The molecule has 31 heavy (non-hydrogen) atoms. The largest absolute Gasteiger partial charge is 0.497 e. The zero-order chi connectivity index (χ0) is 21.6. The van der Waals surface area contributed by atoms with Gasteiger partial charge in [0, 0.05) is 51.6 Å². The molecule has 164 valence electrons. The lowest BCUT2D eigenvalue weighted by Crippen LogP contribution is -2.44. The first-order valence-electron chi connectivity index (χ1n) is 10.9. The van der Waals surface area contributed by atoms with Crippen molar-refractivity contribution in [2.75, 3.05) is 33.3 Å². The van der Waals surface area contributed by atoms with Crippen LogP contribution in [0.5, 0.6) is 11.5 Å². The fraction of sp³-hybridized carbons (Fsp3) is 0.458. The van der Waals surface area contributed by atoms with Gasteiger partial charge in [-0.25, -0.2) is 0 Å². The topological polar surface area (TPSA) is 72.0 Å². The van der Waals surface area contributed by atoms with Gasteiger partial charge in [-0.15, -0.1) is 0 Å². The number of nitrogens with zero attached hydrogens (tertiary/aromatic N) is 3. The average molecular weight is 424 g/mol. The maximum Gasteiger partial charge on any atom is 0.227 e. The first-order chi connectivity index (χ1) is 15.1. The summed E-state index contributed by atoms with van der Waals surface area (Å²) >= 11 is 0. The highest BCUT2D eigenvalue weighted by molar-refractivity contribution is 5.89. The molecule has 0 N–H and O–H groups in total. The zero-order valence-electron chi connectivity index (χ0n) is 17.9. The lowest BCUT2D eigenvalue weighted by molar-refractivity contribution is -0.137. The van der Waals surface area contributed by atoms with Crippen molar-refractivity contribution in [1.29, 1.82) is 0 Å². The van der Waals surface area contributed by atoms with Crippen molar-refractivity contribution in [2.45, 2.75) is 31.8 Å². The maximum atomic E-state index is 13.0. The predicted octanol–water partition coefficient (Wildman–Crippen LogP) is 2.55. The minimum absolute atomic E-state index is 0.0710. The van der Waals surface area contributed by atoms with Crippen LogP contribution in [0.25, 0.3) is 0 Å². The number of aromatic nitrogens is 1. The van der Waals surface area contributed by atoms with Crippen LogP contribution < -0.4 is 9.47 Å². The van der Waals surface area contributed by atoms with Gasteiger partial charge in [0.15, 0.2) is 0 Å². The van der Waals surface area contributed by atoms with Gasteiger partial charge in [-0.3, -0.25) is 14.6 Å². The molecule has 2 saturated heterocycles. The zero-order valence-corrected chi connectivity index (χ0v) is 17.9. The third-order valence-corrected chi connectivity index (χ3v) is 6.08. The molecule has 3 heterocycles. The Morgan fingerprint density at radius 3 is 2.58 bits per heavy atom. The summed E-state index contributed by atoms with van der Waals surface area (Å²) in [6.45, 7) is 2.48. The van der Waals surface area contributed by atoms with Crippen LogP contribution in [0.15, 0.2) is 48.8 Å². The molecule has 0 aliphatic carbocycles. The van der Waals surface area contributed by atoms with Gasteiger partial charge < -0.3 is 19.3 Å². The number of amides is 2. The van der Waals surface area contributed by atoms with Crippen LogP contribution in [-0.4, -0.2) is 66.0 Å². The van der Waals surface area contributed by atoms with E-state index in [0.29, 0.717) is 32.6 Å². The minimum Gasteiger partial charge on any atom is -0.497 e. The van der Waals surface area contributed by atoms with Crippen molar-refractivity contribution >= 4 is 11.8 Å². The van der Waals surface area contributed by atoms with Crippen molar-refractivity contribution in [3.8, 4) is 11.5 Å². The molecule has 4 rings (SSSR count). The van der Waals surface area contributed by atoms with Gasteiger partial charge in [-0.1, -0.05) is 12.1 Å². The summed E-state index contributed by atoms with van der Waals surface area (Å²) in [4.78, 5) is 33.2. The SMILES string of the molecule is COc1ccc(CCN2C[C@H](C(=O)N3CCC(Oc4cccnc4)CC3)CC2=O)cc1. The number of hydrogen-bond donors (Lipinski definition) is 0. The molecule has 7 heteroatoms. The number of pyridine rings is 1. The second kappa shape index (κ2) is 9.81. The quantitative estimate of drug-likeness (QED) is 0.684. The maximum absolute atomic E-state index is 13.0. The molecule has 2 aliphatic heterocycles. The Labute approximate surface area is 183 Å². The van der Waals surface area contributed by atoms with Crippen LogP contribution in [0.4, 0.5) is 0 Å². The Morgan fingerprint density at radius 1 is 1.13 bits per heavy atom. The highest BCUT2D eigenvalue weighted by atomic mass is 16.5. The van der Waals surface area contributed by atoms with Crippen LogP contribution in [0.2, 0.25) is 0 Å². The van der Waals surface area contributed by atoms with Gasteiger partial charge in [0.05, 0.1) is 19.2 Å². The van der Waals surface area contributed by atoms with Gasteiger partial charge >= 0.3 is 0 Å². The summed E-state index contributed by atoms with van der Waals surface area (Å²) in [5, 5.41) is 0. The van der Waals surface area contributed by atoms with Crippen LogP contribution in [0.1, 0.15) is 24.8 Å². The van der Waals surface area contributed by atoms with Gasteiger partial charge in [-0.2, -0.15) is 0 Å². The third kappa shape index (κ3) is 5.34. The van der Waals surface area contributed by atoms with Crippen LogP contribution in [0.3, 0.4) is 0 Å². The average Bonchev–Trinajstić information content (AvgIpc) is 3.19. The molecule has 0 radical (unpaired) electrons. The van der Waals surface area contributed by atoms with E-state index in [2.05, 4.69) is 4.98 Å². The van der Waals surface area contributed by atoms with Gasteiger partial charge in [0.2, 0.25) is 11.8 Å². The number of carbonyl (C=O) groups is 2. The molecule has 1 atom stereocenters. The molecule has 1 aromatic heterocycles. The van der Waals surface area contributed by atoms with E-state index in [9.17, 15) is 9.59 Å². The summed E-state index contributed by atoms with van der Waals surface area (Å²) < 4.78 is 11.1. The fourth-order valence-corrected chi connectivity index (χ4v) is 4.27. The van der Waals surface area contributed by atoms with Crippen molar-refractivity contribution in [3.63, 3.8) is 0 Å². The number of piperidine rings is 1. The van der Waals surface area contributed by atoms with E-state index in [-0.39, 0.29) is 23.8 Å². The monoisotopic (exact) mass is 423 g/mol. The Bertz CT molecular complexity index is 879. The molecule has 1 aromatic carbocycles. The Kier molecular flexibility index (Phi) is 6.70. The third-order valence-electron chi connectivity index (χ3n) is 6.08. The fourth-order valence-electron chi connectivity index (χ4n) is 4.27. The molecule has 0 unspecified atom stereocenters. The first kappa shape index (κ1) is 21.2. The number of rotatable bonds is 7. The Balaban J connectivity index is 1.23. The summed E-state index contributed by atoms with van der Waals surface area (Å²) in [7, 11) is 1.64. The van der Waals surface area contributed by atoms with E-state index in [1.807, 2.05) is 46.2 Å². The van der Waals surface area contributed by atoms with Gasteiger partial charge in [-0.05, 0) is 36.2 Å². The van der Waals surface area contributed by atoms with E-state index in [4.69, 9.17) is 9.47 Å². The lowest BCUT2D eigenvalue weighted by Gasteiger charge is -2.33. The van der Waals surface area contributed by atoms with E-state index in [1.54, 1.807) is 19.5 Å². The van der Waals surface area contributed by atoms with Crippen molar-refractivity contribution in [2.24, 2.45) is 5.92 Å². The summed E-state index contributed by atoms with van der Waals surface area (Å²) in [5.41, 5.74) is 1.15. The molecule has 0 spiro atoms. The predicted molar refractivity (Wildman–Crippen MR) is 116 cm³/mol. The lowest BCUT2D eigenvalue weighted by atomic mass is 10.0. The Hall–Kier alpha value is -3.09. The van der Waals surface area contributed by atoms with Crippen molar-refractivity contribution in [3.05, 3.63) is 54.4 Å². The molecule has 0 bridgehead atoms. The minimum atomic E-state index is -0.237. The molecule has 2 aromatic rings. The van der Waals surface area contributed by atoms with Gasteiger partial charge in [0.1, 0.15) is 17.6 Å². The number of likely N-dealkylation sites (tertiary alicyclic amines) is 2. The summed E-state index contributed by atoms with van der Waals surface area (Å²) in [6, 6.07) is 11.6. The molecule has 2 amide bonds. The number of ether oxygens (including phenoxy) is 2. The summed E-state index contributed by atoms with van der Waals surface area (Å²) in [5.74, 6) is 1.52. The van der Waals surface area contributed by atoms with E-state index in [1.165, 1.54) is 0 Å². The number of hydrogen-bond acceptors (Lipinski definition) is 5. The molecule has 0 saturated carbocycles. The van der Waals surface area contributed by atoms with Crippen molar-refractivity contribution < 1.29 is 19.1 Å². The van der Waals surface area contributed by atoms with E-state index >= 15 is 0 Å². The second-order valence-corrected chi connectivity index (χ2v) is 8.17.